The average molecular weight is 332 g/mol. The van der Waals surface area contributed by atoms with Crippen LogP contribution in [0.2, 0.25) is 0 Å². The molecular weight excluding hydrogens is 313 g/mol. The van der Waals surface area contributed by atoms with Crippen molar-refractivity contribution < 1.29 is 27.8 Å². The maximum atomic E-state index is 12.0. The highest BCUT2D eigenvalue weighted by Crippen LogP contribution is 2.32. The Hall–Kier alpha value is -1.96. The molecule has 1 fully saturated rings. The van der Waals surface area contributed by atoms with Gasteiger partial charge in [0.25, 0.3) is 0 Å². The number of ether oxygens (including phenoxy) is 1. The highest BCUT2D eigenvalue weighted by molar-refractivity contribution is 5.78. The Labute approximate surface area is 131 Å². The van der Waals surface area contributed by atoms with Crippen molar-refractivity contribution in [2.24, 2.45) is 0 Å². The summed E-state index contributed by atoms with van der Waals surface area (Å²) in [5.74, 6) is -0.258. The summed E-state index contributed by atoms with van der Waals surface area (Å²) < 4.78 is 40.6. The molecule has 3 N–H and O–H groups in total. The second-order valence-corrected chi connectivity index (χ2v) is 5.71. The van der Waals surface area contributed by atoms with E-state index >= 15 is 0 Å². The topological polar surface area (TPSA) is 70.6 Å². The van der Waals surface area contributed by atoms with Crippen molar-refractivity contribution in [2.75, 3.05) is 12.0 Å². The first-order valence-electron chi connectivity index (χ1n) is 7.33. The van der Waals surface area contributed by atoms with Crippen LogP contribution < -0.4 is 15.6 Å². The Morgan fingerprint density at radius 1 is 1.22 bits per heavy atom. The maximum absolute atomic E-state index is 12.0. The van der Waals surface area contributed by atoms with Gasteiger partial charge in [0.05, 0.1) is 17.7 Å². The van der Waals surface area contributed by atoms with Crippen LogP contribution in [0.5, 0.6) is 5.75 Å². The van der Waals surface area contributed by atoms with Gasteiger partial charge in [-0.2, -0.15) is 13.2 Å². The van der Waals surface area contributed by atoms with Crippen LogP contribution in [0.4, 0.5) is 18.9 Å². The zero-order valence-corrected chi connectivity index (χ0v) is 12.4. The van der Waals surface area contributed by atoms with Crippen LogP contribution in [0.3, 0.4) is 0 Å². The molecule has 0 aromatic heterocycles. The predicted octanol–water partition coefficient (Wildman–Crippen LogP) is 2.77. The SMILES string of the molecule is O=C(CC1(O)CCCC1)NNc1ccc(OCC(F)(F)F)cc1. The molecule has 1 amide bonds. The van der Waals surface area contributed by atoms with Gasteiger partial charge >= 0.3 is 6.18 Å². The van der Waals surface area contributed by atoms with Gasteiger partial charge in [0.15, 0.2) is 6.61 Å². The molecule has 0 saturated heterocycles. The van der Waals surface area contributed by atoms with E-state index in [4.69, 9.17) is 0 Å². The number of anilines is 1. The first kappa shape index (κ1) is 17.4. The van der Waals surface area contributed by atoms with Crippen LogP contribution in [0.1, 0.15) is 32.1 Å². The van der Waals surface area contributed by atoms with E-state index in [9.17, 15) is 23.1 Å². The molecule has 1 aliphatic rings. The van der Waals surface area contributed by atoms with E-state index in [2.05, 4.69) is 15.6 Å². The molecule has 5 nitrogen and oxygen atoms in total. The van der Waals surface area contributed by atoms with Crippen LogP contribution in [-0.2, 0) is 4.79 Å². The summed E-state index contributed by atoms with van der Waals surface area (Å²) >= 11 is 0. The number of hydrogen-bond donors (Lipinski definition) is 3. The number of halogens is 3. The summed E-state index contributed by atoms with van der Waals surface area (Å²) in [6.07, 6.45) is -1.30. The van der Waals surface area contributed by atoms with E-state index in [1.165, 1.54) is 24.3 Å². The van der Waals surface area contributed by atoms with E-state index < -0.39 is 18.4 Å². The minimum absolute atomic E-state index is 0.0206. The number of hydrazine groups is 1. The third kappa shape index (κ3) is 5.97. The van der Waals surface area contributed by atoms with Gasteiger partial charge in [0.2, 0.25) is 5.91 Å². The van der Waals surface area contributed by atoms with E-state index in [1.807, 2.05) is 0 Å². The highest BCUT2D eigenvalue weighted by atomic mass is 19.4. The van der Waals surface area contributed by atoms with Gasteiger partial charge in [-0.1, -0.05) is 12.8 Å². The number of alkyl halides is 3. The Bertz CT molecular complexity index is 526. The van der Waals surface area contributed by atoms with E-state index in [1.54, 1.807) is 0 Å². The molecule has 0 bridgehead atoms. The van der Waals surface area contributed by atoms with Crippen LogP contribution in [-0.4, -0.2) is 29.4 Å². The third-order valence-corrected chi connectivity index (χ3v) is 3.63. The number of nitrogens with one attached hydrogen (secondary N) is 2. The number of carbonyl (C=O) groups excluding carboxylic acids is 1. The first-order chi connectivity index (χ1) is 10.8. The molecule has 23 heavy (non-hydrogen) atoms. The molecule has 8 heteroatoms. The standard InChI is InChI=1S/C15H19F3N2O3/c16-15(17,18)10-23-12-5-3-11(4-6-12)19-20-13(21)9-14(22)7-1-2-8-14/h3-6,19,22H,1-2,7-10H2,(H,20,21). The third-order valence-electron chi connectivity index (χ3n) is 3.63. The molecule has 2 rings (SSSR count). The second kappa shape index (κ2) is 7.08. The molecule has 0 heterocycles. The molecule has 0 aliphatic heterocycles. The fourth-order valence-corrected chi connectivity index (χ4v) is 2.49. The summed E-state index contributed by atoms with van der Waals surface area (Å²) in [4.78, 5) is 11.8. The molecule has 128 valence electrons. The highest BCUT2D eigenvalue weighted by Gasteiger charge is 2.33. The zero-order chi connectivity index (χ0) is 16.9. The van der Waals surface area contributed by atoms with Crippen molar-refractivity contribution in [1.82, 2.24) is 5.43 Å². The minimum atomic E-state index is -4.38. The van der Waals surface area contributed by atoms with Crippen molar-refractivity contribution in [3.05, 3.63) is 24.3 Å². The normalized spacial score (nSPS) is 16.9. The molecule has 0 unspecified atom stereocenters. The van der Waals surface area contributed by atoms with Gasteiger partial charge in [0, 0.05) is 0 Å². The van der Waals surface area contributed by atoms with Gasteiger partial charge in [-0.05, 0) is 37.1 Å². The Kier molecular flexibility index (Phi) is 5.35. The second-order valence-electron chi connectivity index (χ2n) is 5.71. The van der Waals surface area contributed by atoms with Gasteiger partial charge in [-0.3, -0.25) is 15.6 Å². The fourth-order valence-electron chi connectivity index (χ4n) is 2.49. The minimum Gasteiger partial charge on any atom is -0.484 e. The van der Waals surface area contributed by atoms with Gasteiger partial charge in [-0.15, -0.1) is 0 Å². The Morgan fingerprint density at radius 3 is 2.39 bits per heavy atom. The van der Waals surface area contributed by atoms with Crippen molar-refractivity contribution in [2.45, 2.75) is 43.9 Å². The van der Waals surface area contributed by atoms with Crippen molar-refractivity contribution >= 4 is 11.6 Å². The number of aliphatic hydroxyl groups is 1. The van der Waals surface area contributed by atoms with Crippen molar-refractivity contribution in [1.29, 1.82) is 0 Å². The molecule has 1 aromatic rings. The Morgan fingerprint density at radius 2 is 1.83 bits per heavy atom. The first-order valence-corrected chi connectivity index (χ1v) is 7.33. The zero-order valence-electron chi connectivity index (χ0n) is 12.4. The number of amides is 1. The lowest BCUT2D eigenvalue weighted by molar-refractivity contribution is -0.153. The smallest absolute Gasteiger partial charge is 0.422 e. The summed E-state index contributed by atoms with van der Waals surface area (Å²) in [5.41, 5.74) is 4.67. The molecule has 1 saturated carbocycles. The van der Waals surface area contributed by atoms with Crippen LogP contribution in [0.15, 0.2) is 24.3 Å². The summed E-state index contributed by atoms with van der Waals surface area (Å²) in [6.45, 7) is -1.35. The van der Waals surface area contributed by atoms with Crippen molar-refractivity contribution in [3.63, 3.8) is 0 Å². The summed E-state index contributed by atoms with van der Waals surface area (Å²) in [5, 5.41) is 10.1. The molecule has 0 atom stereocenters. The van der Waals surface area contributed by atoms with Crippen LogP contribution in [0.25, 0.3) is 0 Å². The largest absolute Gasteiger partial charge is 0.484 e. The number of benzene rings is 1. The van der Waals surface area contributed by atoms with Gasteiger partial charge in [-0.25, -0.2) is 0 Å². The molecular formula is C15H19F3N2O3. The van der Waals surface area contributed by atoms with Gasteiger partial charge < -0.3 is 9.84 Å². The number of carbonyl (C=O) groups is 1. The molecule has 1 aromatic carbocycles. The van der Waals surface area contributed by atoms with E-state index in [0.29, 0.717) is 18.5 Å². The lowest BCUT2D eigenvalue weighted by atomic mass is 9.98. The lowest BCUT2D eigenvalue weighted by Crippen LogP contribution is -2.37. The lowest BCUT2D eigenvalue weighted by Gasteiger charge is -2.21. The van der Waals surface area contributed by atoms with Crippen LogP contribution in [0, 0.1) is 0 Å². The predicted molar refractivity (Wildman–Crippen MR) is 77.8 cm³/mol. The average Bonchev–Trinajstić information content (AvgIpc) is 2.89. The van der Waals surface area contributed by atoms with Gasteiger partial charge in [0.1, 0.15) is 5.75 Å². The maximum Gasteiger partial charge on any atom is 0.422 e. The molecule has 1 aliphatic carbocycles. The summed E-state index contributed by atoms with van der Waals surface area (Å²) in [7, 11) is 0. The summed E-state index contributed by atoms with van der Waals surface area (Å²) in [6, 6.07) is 5.70. The van der Waals surface area contributed by atoms with E-state index in [0.717, 1.165) is 12.8 Å². The number of rotatable bonds is 6. The fraction of sp³-hybridized carbons (Fsp3) is 0.533. The van der Waals surface area contributed by atoms with Crippen molar-refractivity contribution in [3.8, 4) is 5.75 Å². The monoisotopic (exact) mass is 332 g/mol. The Balaban J connectivity index is 1.76. The van der Waals surface area contributed by atoms with E-state index in [-0.39, 0.29) is 18.1 Å². The molecule has 0 radical (unpaired) electrons. The quantitative estimate of drug-likeness (QED) is 0.701. The number of hydrogen-bond acceptors (Lipinski definition) is 4. The molecule has 0 spiro atoms. The van der Waals surface area contributed by atoms with Crippen LogP contribution >= 0.6 is 0 Å².